The van der Waals surface area contributed by atoms with Crippen molar-refractivity contribution in [1.29, 1.82) is 0 Å². The first-order chi connectivity index (χ1) is 15.0. The Labute approximate surface area is 188 Å². The maximum atomic E-state index is 12.7. The Morgan fingerprint density at radius 1 is 1.06 bits per heavy atom. The van der Waals surface area contributed by atoms with E-state index < -0.39 is 60.2 Å². The number of carbonyl (C=O) groups is 5. The van der Waals surface area contributed by atoms with E-state index in [0.29, 0.717) is 11.4 Å². The summed E-state index contributed by atoms with van der Waals surface area (Å²) in [4.78, 5) is 66.5. The molecule has 13 nitrogen and oxygen atoms in total. The molecule has 4 unspecified atom stereocenters. The van der Waals surface area contributed by atoms with E-state index in [-0.39, 0.29) is 12.8 Å². The zero-order chi connectivity index (χ0) is 24.3. The highest BCUT2D eigenvalue weighted by atomic mass is 32.2. The third-order valence-corrected chi connectivity index (χ3v) is 4.91. The second-order valence-corrected chi connectivity index (χ2v) is 7.96. The van der Waals surface area contributed by atoms with Crippen molar-refractivity contribution in [2.24, 2.45) is 5.73 Å². The standard InChI is InChI=1S/C18H28N6O7S/c1-9(19)15(27)22-11(3-4-32-2)16(28)23-12(6-14(25)26)17(29)24-13(18(30)31)5-10-7-20-8-21-10/h7-9,11-13H,3-6,19H2,1-2H3,(H,20,21)(H,22,27)(H,23,28)(H,24,29)(H,25,26)(H,30,31). The lowest BCUT2D eigenvalue weighted by Crippen LogP contribution is -2.57. The largest absolute Gasteiger partial charge is 0.481 e. The van der Waals surface area contributed by atoms with Crippen molar-refractivity contribution in [3.8, 4) is 0 Å². The highest BCUT2D eigenvalue weighted by molar-refractivity contribution is 7.98. The molecule has 0 aliphatic heterocycles. The van der Waals surface area contributed by atoms with E-state index in [4.69, 9.17) is 10.8 Å². The summed E-state index contributed by atoms with van der Waals surface area (Å²) in [5, 5.41) is 25.5. The molecule has 14 heteroatoms. The molecule has 1 aromatic heterocycles. The Balaban J connectivity index is 2.94. The molecule has 0 spiro atoms. The van der Waals surface area contributed by atoms with Crippen LogP contribution in [-0.2, 0) is 30.4 Å². The van der Waals surface area contributed by atoms with Gasteiger partial charge >= 0.3 is 11.9 Å². The van der Waals surface area contributed by atoms with Gasteiger partial charge < -0.3 is 36.9 Å². The molecular weight excluding hydrogens is 444 g/mol. The van der Waals surface area contributed by atoms with Crippen LogP contribution in [0.4, 0.5) is 0 Å². The van der Waals surface area contributed by atoms with Crippen LogP contribution in [0.3, 0.4) is 0 Å². The van der Waals surface area contributed by atoms with Gasteiger partial charge in [0.2, 0.25) is 17.7 Å². The van der Waals surface area contributed by atoms with Gasteiger partial charge in [0.05, 0.1) is 18.8 Å². The van der Waals surface area contributed by atoms with Gasteiger partial charge in [-0.1, -0.05) is 0 Å². The molecule has 0 fully saturated rings. The summed E-state index contributed by atoms with van der Waals surface area (Å²) in [5.74, 6) is -4.60. The maximum absolute atomic E-state index is 12.7. The smallest absolute Gasteiger partial charge is 0.326 e. The van der Waals surface area contributed by atoms with E-state index in [1.807, 2.05) is 0 Å². The van der Waals surface area contributed by atoms with Crippen LogP contribution in [0.2, 0.25) is 0 Å². The lowest BCUT2D eigenvalue weighted by Gasteiger charge is -2.24. The Kier molecular flexibility index (Phi) is 11.2. The molecular formula is C18H28N6O7S. The molecule has 0 saturated heterocycles. The van der Waals surface area contributed by atoms with Crippen LogP contribution >= 0.6 is 11.8 Å². The number of amides is 3. The monoisotopic (exact) mass is 472 g/mol. The van der Waals surface area contributed by atoms with E-state index in [9.17, 15) is 29.1 Å². The van der Waals surface area contributed by atoms with Gasteiger partial charge in [-0.05, 0) is 25.4 Å². The van der Waals surface area contributed by atoms with Crippen LogP contribution in [0.25, 0.3) is 0 Å². The molecule has 0 saturated carbocycles. The van der Waals surface area contributed by atoms with Crippen LogP contribution in [0.1, 0.15) is 25.5 Å². The number of aromatic nitrogens is 2. The molecule has 32 heavy (non-hydrogen) atoms. The van der Waals surface area contributed by atoms with E-state index in [2.05, 4.69) is 25.9 Å². The van der Waals surface area contributed by atoms with Crippen LogP contribution in [-0.4, -0.2) is 86.0 Å². The number of nitrogens with one attached hydrogen (secondary N) is 4. The number of imidazole rings is 1. The number of carbonyl (C=O) groups excluding carboxylic acids is 3. The predicted molar refractivity (Wildman–Crippen MR) is 115 cm³/mol. The van der Waals surface area contributed by atoms with Crippen molar-refractivity contribution in [1.82, 2.24) is 25.9 Å². The number of nitrogens with two attached hydrogens (primary N) is 1. The molecule has 4 atom stereocenters. The number of carboxylic acid groups (broad SMARTS) is 2. The number of hydrogen-bond donors (Lipinski definition) is 7. The number of nitrogens with zero attached hydrogens (tertiary/aromatic N) is 1. The van der Waals surface area contributed by atoms with Gasteiger partial charge in [-0.2, -0.15) is 11.8 Å². The SMILES string of the molecule is CSCCC(NC(=O)C(C)N)C(=O)NC(CC(=O)O)C(=O)NC(Cc1cnc[nH]1)C(=O)O. The number of H-pyrrole nitrogens is 1. The summed E-state index contributed by atoms with van der Waals surface area (Å²) in [5.41, 5.74) is 5.95. The normalized spacial score (nSPS) is 14.5. The van der Waals surface area contributed by atoms with Gasteiger partial charge in [0.15, 0.2) is 0 Å². The minimum atomic E-state index is -1.56. The first kappa shape index (κ1) is 26.9. The van der Waals surface area contributed by atoms with Crippen LogP contribution in [0.15, 0.2) is 12.5 Å². The Morgan fingerprint density at radius 3 is 2.16 bits per heavy atom. The molecule has 178 valence electrons. The van der Waals surface area contributed by atoms with Gasteiger partial charge in [-0.25, -0.2) is 9.78 Å². The number of rotatable bonds is 14. The molecule has 8 N–H and O–H groups in total. The molecule has 0 aliphatic carbocycles. The fourth-order valence-electron chi connectivity index (χ4n) is 2.55. The van der Waals surface area contributed by atoms with E-state index >= 15 is 0 Å². The zero-order valence-electron chi connectivity index (χ0n) is 17.7. The van der Waals surface area contributed by atoms with E-state index in [0.717, 1.165) is 0 Å². The second kappa shape index (κ2) is 13.3. The molecule has 0 radical (unpaired) electrons. The second-order valence-electron chi connectivity index (χ2n) is 6.97. The number of aliphatic carboxylic acids is 2. The van der Waals surface area contributed by atoms with Crippen LogP contribution in [0.5, 0.6) is 0 Å². The van der Waals surface area contributed by atoms with Gasteiger partial charge in [-0.15, -0.1) is 0 Å². The molecule has 1 aromatic rings. The fourth-order valence-corrected chi connectivity index (χ4v) is 3.02. The van der Waals surface area contributed by atoms with Gasteiger partial charge in [-0.3, -0.25) is 19.2 Å². The quantitative estimate of drug-likeness (QED) is 0.159. The van der Waals surface area contributed by atoms with Crippen molar-refractivity contribution in [2.45, 2.75) is 50.4 Å². The Bertz CT molecular complexity index is 802. The molecule has 3 amide bonds. The summed E-state index contributed by atoms with van der Waals surface area (Å²) < 4.78 is 0. The average Bonchev–Trinajstić information content (AvgIpc) is 3.22. The Hall–Kier alpha value is -3.13. The Morgan fingerprint density at radius 2 is 1.66 bits per heavy atom. The topological polar surface area (TPSA) is 217 Å². The number of aromatic amines is 1. The lowest BCUT2D eigenvalue weighted by atomic mass is 10.1. The van der Waals surface area contributed by atoms with E-state index in [1.54, 1.807) is 6.26 Å². The van der Waals surface area contributed by atoms with Gasteiger partial charge in [0.1, 0.15) is 18.1 Å². The van der Waals surface area contributed by atoms with Crippen molar-refractivity contribution in [3.63, 3.8) is 0 Å². The highest BCUT2D eigenvalue weighted by Crippen LogP contribution is 2.05. The highest BCUT2D eigenvalue weighted by Gasteiger charge is 2.31. The molecule has 1 rings (SSSR count). The third kappa shape index (κ3) is 9.34. The van der Waals surface area contributed by atoms with Crippen molar-refractivity contribution in [2.75, 3.05) is 12.0 Å². The van der Waals surface area contributed by atoms with Gasteiger partial charge in [0, 0.05) is 18.3 Å². The van der Waals surface area contributed by atoms with Crippen LogP contribution < -0.4 is 21.7 Å². The summed E-state index contributed by atoms with van der Waals surface area (Å²) in [6.07, 6.45) is 3.82. The van der Waals surface area contributed by atoms with Crippen LogP contribution in [0, 0.1) is 0 Å². The third-order valence-electron chi connectivity index (χ3n) is 4.26. The first-order valence-corrected chi connectivity index (χ1v) is 11.0. The predicted octanol–water partition coefficient (Wildman–Crippen LogP) is -1.93. The van der Waals surface area contributed by atoms with Crippen molar-refractivity contribution < 1.29 is 34.2 Å². The van der Waals surface area contributed by atoms with Crippen molar-refractivity contribution >= 4 is 41.4 Å². The first-order valence-electron chi connectivity index (χ1n) is 9.62. The molecule has 0 aliphatic rings. The molecule has 0 aromatic carbocycles. The minimum absolute atomic E-state index is 0.129. The van der Waals surface area contributed by atoms with Crippen molar-refractivity contribution in [3.05, 3.63) is 18.2 Å². The summed E-state index contributed by atoms with van der Waals surface area (Å²) in [6, 6.07) is -4.88. The summed E-state index contributed by atoms with van der Waals surface area (Å²) in [6.45, 7) is 1.44. The lowest BCUT2D eigenvalue weighted by molar-refractivity contribution is -0.143. The number of thioether (sulfide) groups is 1. The molecule has 0 bridgehead atoms. The maximum Gasteiger partial charge on any atom is 0.326 e. The number of hydrogen-bond acceptors (Lipinski definition) is 8. The summed E-state index contributed by atoms with van der Waals surface area (Å²) >= 11 is 1.42. The average molecular weight is 473 g/mol. The van der Waals surface area contributed by atoms with Gasteiger partial charge in [0.25, 0.3) is 0 Å². The zero-order valence-corrected chi connectivity index (χ0v) is 18.5. The molecule has 1 heterocycles. The number of carboxylic acids is 2. The van der Waals surface area contributed by atoms with E-state index in [1.165, 1.54) is 31.2 Å². The fraction of sp³-hybridized carbons (Fsp3) is 0.556. The minimum Gasteiger partial charge on any atom is -0.481 e. The summed E-state index contributed by atoms with van der Waals surface area (Å²) in [7, 11) is 0.